The van der Waals surface area contributed by atoms with E-state index in [0.29, 0.717) is 44.8 Å². The van der Waals surface area contributed by atoms with E-state index in [1.54, 1.807) is 25.1 Å². The van der Waals surface area contributed by atoms with Crippen LogP contribution in [0.15, 0.2) is 45.6 Å². The second kappa shape index (κ2) is 9.60. The van der Waals surface area contributed by atoms with Crippen molar-refractivity contribution in [2.45, 2.75) is 53.2 Å². The molecule has 0 spiro atoms. The van der Waals surface area contributed by atoms with E-state index in [1.165, 1.54) is 6.07 Å². The first-order chi connectivity index (χ1) is 17.5. The van der Waals surface area contributed by atoms with Gasteiger partial charge in [0.25, 0.3) is 0 Å². The fourth-order valence-corrected chi connectivity index (χ4v) is 5.15. The third kappa shape index (κ3) is 4.54. The maximum atomic E-state index is 14.9. The average molecular weight is 521 g/mol. The first-order valence-corrected chi connectivity index (χ1v) is 12.6. The molecule has 5 rings (SSSR count). The molecule has 9 heteroatoms. The molecule has 6 nitrogen and oxygen atoms in total. The second-order valence-corrected chi connectivity index (χ2v) is 10.3. The number of nitrogens with zero attached hydrogens (tertiary/aromatic N) is 1. The molecule has 0 saturated carbocycles. The Hall–Kier alpha value is -3.20. The Kier molecular flexibility index (Phi) is 6.60. The molecule has 190 valence electrons. The van der Waals surface area contributed by atoms with Crippen LogP contribution >= 0.6 is 11.6 Å². The van der Waals surface area contributed by atoms with Crippen molar-refractivity contribution in [2.24, 2.45) is 0 Å². The lowest BCUT2D eigenvalue weighted by Crippen LogP contribution is -2.31. The predicted octanol–water partition coefficient (Wildman–Crippen LogP) is 5.78. The molecule has 0 fully saturated rings. The number of benzene rings is 2. The number of hydrogen-bond acceptors (Lipinski definition) is 6. The molecule has 0 aliphatic carbocycles. The number of aryl methyl sites for hydroxylation is 1. The van der Waals surface area contributed by atoms with E-state index in [2.05, 4.69) is 10.3 Å². The van der Waals surface area contributed by atoms with E-state index in [0.717, 1.165) is 11.1 Å². The molecule has 37 heavy (non-hydrogen) atoms. The van der Waals surface area contributed by atoms with Crippen molar-refractivity contribution in [1.29, 1.82) is 0 Å². The smallest absolute Gasteiger partial charge is 0.460 e. The van der Waals surface area contributed by atoms with Crippen molar-refractivity contribution >= 4 is 40.8 Å². The minimum atomic E-state index is -1.28. The number of fused-ring (bicyclic) bond motifs is 2. The minimum absolute atomic E-state index is 0.0334. The predicted molar refractivity (Wildman–Crippen MR) is 145 cm³/mol. The molecular weight excluding hydrogens is 494 g/mol. The highest BCUT2D eigenvalue weighted by Gasteiger charge is 2.32. The van der Waals surface area contributed by atoms with Crippen LogP contribution in [0.3, 0.4) is 0 Å². The van der Waals surface area contributed by atoms with Gasteiger partial charge in [0.15, 0.2) is 5.43 Å². The maximum absolute atomic E-state index is 14.9. The highest BCUT2D eigenvalue weighted by molar-refractivity contribution is 6.61. The summed E-state index contributed by atoms with van der Waals surface area (Å²) < 4.78 is 26.4. The van der Waals surface area contributed by atoms with Crippen molar-refractivity contribution in [3.05, 3.63) is 85.6 Å². The van der Waals surface area contributed by atoms with Crippen LogP contribution in [0.5, 0.6) is 0 Å². The highest BCUT2D eigenvalue weighted by Crippen LogP contribution is 2.35. The van der Waals surface area contributed by atoms with Gasteiger partial charge in [-0.15, -0.1) is 0 Å². The van der Waals surface area contributed by atoms with Gasteiger partial charge in [0.05, 0.1) is 29.4 Å². The molecule has 1 atom stereocenters. The summed E-state index contributed by atoms with van der Waals surface area (Å²) in [6, 6.07) is 10.1. The number of rotatable bonds is 5. The summed E-state index contributed by atoms with van der Waals surface area (Å²) in [4.78, 5) is 17.7. The number of hydrogen-bond donors (Lipinski definition) is 2. The largest absolute Gasteiger partial charge is 0.494 e. The zero-order valence-electron chi connectivity index (χ0n) is 21.3. The van der Waals surface area contributed by atoms with Gasteiger partial charge in [-0.3, -0.25) is 4.79 Å². The molecule has 2 aromatic carbocycles. The van der Waals surface area contributed by atoms with Gasteiger partial charge in [-0.2, -0.15) is 0 Å². The van der Waals surface area contributed by atoms with Crippen LogP contribution in [0.4, 0.5) is 10.1 Å². The third-order valence-electron chi connectivity index (χ3n) is 6.79. The molecule has 4 aromatic rings. The summed E-state index contributed by atoms with van der Waals surface area (Å²) >= 11 is 6.23. The summed E-state index contributed by atoms with van der Waals surface area (Å²) in [7, 11) is -1.28. The SMILES string of the molecule is Cc1cc(C(C)Nc2ccc(Cl)nc2-c2cc(F)c3c(c2)COB3O)c2oc(C(C)C)c(C)c(=O)c2c1. The Labute approximate surface area is 219 Å². The van der Waals surface area contributed by atoms with E-state index in [4.69, 9.17) is 20.7 Å². The third-order valence-corrected chi connectivity index (χ3v) is 7.00. The summed E-state index contributed by atoms with van der Waals surface area (Å²) in [5.74, 6) is 0.154. The average Bonchev–Trinajstić information content (AvgIpc) is 3.23. The molecule has 1 unspecified atom stereocenters. The normalized spacial score (nSPS) is 13.9. The van der Waals surface area contributed by atoms with Crippen LogP contribution in [0.1, 0.15) is 60.7 Å². The lowest BCUT2D eigenvalue weighted by Gasteiger charge is -2.21. The summed E-state index contributed by atoms with van der Waals surface area (Å²) in [6.07, 6.45) is 0. The Balaban J connectivity index is 1.61. The Morgan fingerprint density at radius 1 is 1.16 bits per heavy atom. The zero-order valence-corrected chi connectivity index (χ0v) is 22.0. The van der Waals surface area contributed by atoms with Crippen LogP contribution in [-0.4, -0.2) is 17.1 Å². The monoisotopic (exact) mass is 520 g/mol. The lowest BCUT2D eigenvalue weighted by molar-refractivity contribution is 0.275. The maximum Gasteiger partial charge on any atom is 0.494 e. The van der Waals surface area contributed by atoms with E-state index in [9.17, 15) is 14.2 Å². The molecule has 1 aliphatic rings. The zero-order chi connectivity index (χ0) is 26.6. The summed E-state index contributed by atoms with van der Waals surface area (Å²) in [5.41, 5.74) is 5.19. The van der Waals surface area contributed by atoms with E-state index < -0.39 is 12.9 Å². The van der Waals surface area contributed by atoms with Crippen LogP contribution in [-0.2, 0) is 11.3 Å². The minimum Gasteiger partial charge on any atom is -0.460 e. The first-order valence-electron chi connectivity index (χ1n) is 12.2. The van der Waals surface area contributed by atoms with Crippen LogP contribution in [0, 0.1) is 19.7 Å². The summed E-state index contributed by atoms with van der Waals surface area (Å²) in [5, 5.41) is 14.2. The topological polar surface area (TPSA) is 84.6 Å². The van der Waals surface area contributed by atoms with E-state index in [-0.39, 0.29) is 34.6 Å². The van der Waals surface area contributed by atoms with Gasteiger partial charge in [-0.05, 0) is 62.2 Å². The molecular formula is C28H27BClFN2O4. The molecule has 0 amide bonds. The molecule has 1 aliphatic heterocycles. The molecule has 2 aromatic heterocycles. The van der Waals surface area contributed by atoms with Gasteiger partial charge >= 0.3 is 7.12 Å². The fraction of sp³-hybridized carbons (Fsp3) is 0.286. The number of anilines is 1. The van der Waals surface area contributed by atoms with Gasteiger partial charge < -0.3 is 19.4 Å². The molecule has 0 saturated heterocycles. The van der Waals surface area contributed by atoms with E-state index >= 15 is 0 Å². The van der Waals surface area contributed by atoms with Gasteiger partial charge in [0, 0.05) is 28.1 Å². The molecule has 3 heterocycles. The van der Waals surface area contributed by atoms with Crippen molar-refractivity contribution in [2.75, 3.05) is 5.32 Å². The van der Waals surface area contributed by atoms with Crippen molar-refractivity contribution in [3.8, 4) is 11.3 Å². The second-order valence-electron chi connectivity index (χ2n) is 9.90. The Bertz CT molecular complexity index is 1600. The lowest BCUT2D eigenvalue weighted by atomic mass is 9.78. The van der Waals surface area contributed by atoms with Crippen molar-refractivity contribution < 1.29 is 18.5 Å². The summed E-state index contributed by atoms with van der Waals surface area (Å²) in [6.45, 7) is 9.81. The molecule has 0 bridgehead atoms. The Morgan fingerprint density at radius 3 is 2.65 bits per heavy atom. The van der Waals surface area contributed by atoms with Gasteiger partial charge in [0.2, 0.25) is 0 Å². The van der Waals surface area contributed by atoms with Gasteiger partial charge in [0.1, 0.15) is 22.3 Å². The van der Waals surface area contributed by atoms with Gasteiger partial charge in [-0.1, -0.05) is 31.5 Å². The van der Waals surface area contributed by atoms with Crippen LogP contribution < -0.4 is 16.2 Å². The van der Waals surface area contributed by atoms with Gasteiger partial charge in [-0.25, -0.2) is 9.37 Å². The first kappa shape index (κ1) is 25.5. The van der Waals surface area contributed by atoms with E-state index in [1.807, 2.05) is 39.8 Å². The number of halogens is 2. The number of pyridine rings is 1. The fourth-order valence-electron chi connectivity index (χ4n) is 5.00. The molecule has 0 radical (unpaired) electrons. The highest BCUT2D eigenvalue weighted by atomic mass is 35.5. The quantitative estimate of drug-likeness (QED) is 0.256. The van der Waals surface area contributed by atoms with Crippen molar-refractivity contribution in [1.82, 2.24) is 4.98 Å². The number of nitrogens with one attached hydrogen (secondary N) is 1. The standard InChI is InChI=1S/C28H27BClFN2O4/c1-13(2)27-15(4)26(34)20-9-14(3)8-19(28(20)37-27)16(5)32-22-6-7-23(30)33-25(22)17-10-18-12-36-29(35)24(18)21(31)11-17/h6-11,13,16,32,35H,12H2,1-5H3. The molecule has 2 N–H and O–H groups in total. The van der Waals surface area contributed by atoms with Crippen molar-refractivity contribution in [3.63, 3.8) is 0 Å². The Morgan fingerprint density at radius 2 is 1.92 bits per heavy atom. The number of aromatic nitrogens is 1. The van der Waals surface area contributed by atoms with Crippen LogP contribution in [0.25, 0.3) is 22.2 Å². The van der Waals surface area contributed by atoms with Crippen LogP contribution in [0.2, 0.25) is 5.15 Å².